The van der Waals surface area contributed by atoms with Gasteiger partial charge in [0.15, 0.2) is 5.78 Å². The molecule has 0 fully saturated rings. The summed E-state index contributed by atoms with van der Waals surface area (Å²) >= 11 is 0. The average molecular weight is 196 g/mol. The summed E-state index contributed by atoms with van der Waals surface area (Å²) < 4.78 is 24.6. The SMILES string of the molecule is CC(=O)C(CC(F)(F)[N+](=O)[O-])=NO. The molecule has 0 heterocycles. The molecule has 0 unspecified atom stereocenters. The van der Waals surface area contributed by atoms with Gasteiger partial charge in [-0.1, -0.05) is 5.16 Å². The van der Waals surface area contributed by atoms with Gasteiger partial charge in [0.05, 0.1) is 4.92 Å². The van der Waals surface area contributed by atoms with E-state index in [0.29, 0.717) is 0 Å². The van der Waals surface area contributed by atoms with Gasteiger partial charge in [0, 0.05) is 6.92 Å². The lowest BCUT2D eigenvalue weighted by molar-refractivity contribution is -0.641. The lowest BCUT2D eigenvalue weighted by atomic mass is 10.2. The largest absolute Gasteiger partial charge is 0.516 e. The van der Waals surface area contributed by atoms with Crippen LogP contribution in [-0.4, -0.2) is 27.7 Å². The van der Waals surface area contributed by atoms with E-state index in [2.05, 4.69) is 5.16 Å². The van der Waals surface area contributed by atoms with Gasteiger partial charge in [-0.05, 0) is 0 Å². The van der Waals surface area contributed by atoms with Crippen molar-refractivity contribution in [3.05, 3.63) is 10.1 Å². The van der Waals surface area contributed by atoms with E-state index in [1.54, 1.807) is 0 Å². The minimum Gasteiger partial charge on any atom is -0.411 e. The molecule has 6 nitrogen and oxygen atoms in total. The number of nitrogens with zero attached hydrogens (tertiary/aromatic N) is 2. The van der Waals surface area contributed by atoms with E-state index in [1.807, 2.05) is 0 Å². The number of nitro groups is 1. The van der Waals surface area contributed by atoms with Gasteiger partial charge < -0.3 is 5.21 Å². The quantitative estimate of drug-likeness (QED) is 0.235. The first-order valence-corrected chi connectivity index (χ1v) is 3.05. The van der Waals surface area contributed by atoms with Crippen molar-refractivity contribution in [2.45, 2.75) is 19.4 Å². The van der Waals surface area contributed by atoms with Crippen LogP contribution in [-0.2, 0) is 4.79 Å². The molecule has 0 spiro atoms. The zero-order chi connectivity index (χ0) is 10.6. The highest BCUT2D eigenvalue weighted by Crippen LogP contribution is 2.19. The predicted octanol–water partition coefficient (Wildman–Crippen LogP) is 0.665. The Bertz CT molecular complexity index is 263. The Morgan fingerprint density at radius 2 is 2.15 bits per heavy atom. The highest BCUT2D eigenvalue weighted by Gasteiger charge is 2.46. The number of Topliss-reactive ketones (excluding diaryl/α,β-unsaturated/α-hetero) is 1. The van der Waals surface area contributed by atoms with Crippen molar-refractivity contribution < 1.29 is 23.7 Å². The molecule has 0 atom stereocenters. The molecule has 13 heavy (non-hydrogen) atoms. The van der Waals surface area contributed by atoms with E-state index in [-0.39, 0.29) is 0 Å². The molecular formula is C5H6F2N2O4. The number of carbonyl (C=O) groups is 1. The highest BCUT2D eigenvalue weighted by molar-refractivity contribution is 6.38. The normalized spacial score (nSPS) is 12.7. The maximum Gasteiger partial charge on any atom is 0.516 e. The summed E-state index contributed by atoms with van der Waals surface area (Å²) in [7, 11) is 0. The zero-order valence-electron chi connectivity index (χ0n) is 6.53. The Morgan fingerprint density at radius 1 is 1.69 bits per heavy atom. The number of oxime groups is 1. The number of halogens is 2. The summed E-state index contributed by atoms with van der Waals surface area (Å²) in [5.74, 6) is -0.941. The van der Waals surface area contributed by atoms with Crippen molar-refractivity contribution in [2.24, 2.45) is 5.16 Å². The average Bonchev–Trinajstić information content (AvgIpc) is 1.99. The number of rotatable bonds is 4. The van der Waals surface area contributed by atoms with Crippen LogP contribution in [0, 0.1) is 10.1 Å². The summed E-state index contributed by atoms with van der Waals surface area (Å²) in [5.41, 5.74) is -0.929. The third-order valence-electron chi connectivity index (χ3n) is 1.17. The Labute approximate surface area is 71.0 Å². The topological polar surface area (TPSA) is 92.8 Å². The van der Waals surface area contributed by atoms with Crippen molar-refractivity contribution >= 4 is 11.5 Å². The standard InChI is InChI=1S/C5H6F2N2O4/c1-3(10)4(8-11)2-5(6,7)9(12)13/h11H,2H2,1H3. The molecule has 0 amide bonds. The molecule has 0 bridgehead atoms. The maximum atomic E-state index is 12.3. The van der Waals surface area contributed by atoms with Gasteiger partial charge in [0.1, 0.15) is 12.1 Å². The van der Waals surface area contributed by atoms with Gasteiger partial charge in [-0.15, -0.1) is 8.78 Å². The van der Waals surface area contributed by atoms with Crippen LogP contribution in [0.4, 0.5) is 8.78 Å². The predicted molar refractivity (Wildman–Crippen MR) is 36.5 cm³/mol. The summed E-state index contributed by atoms with van der Waals surface area (Å²) in [6, 6.07) is -4.28. The minimum atomic E-state index is -4.28. The van der Waals surface area contributed by atoms with Gasteiger partial charge in [-0.25, -0.2) is 0 Å². The van der Waals surface area contributed by atoms with Gasteiger partial charge in [0.25, 0.3) is 0 Å². The van der Waals surface area contributed by atoms with E-state index in [4.69, 9.17) is 5.21 Å². The third-order valence-corrected chi connectivity index (χ3v) is 1.17. The summed E-state index contributed by atoms with van der Waals surface area (Å²) in [5, 5.41) is 20.0. The number of alkyl halides is 2. The first kappa shape index (κ1) is 11.4. The third kappa shape index (κ3) is 3.09. The molecule has 8 heteroatoms. The van der Waals surface area contributed by atoms with Crippen molar-refractivity contribution in [2.75, 3.05) is 0 Å². The molecule has 0 aliphatic carbocycles. The molecule has 0 aromatic heterocycles. The molecule has 0 radical (unpaired) electrons. The van der Waals surface area contributed by atoms with Crippen molar-refractivity contribution in [1.82, 2.24) is 0 Å². The molecular weight excluding hydrogens is 190 g/mol. The fourth-order valence-corrected chi connectivity index (χ4v) is 0.496. The van der Waals surface area contributed by atoms with Crippen LogP contribution in [0.3, 0.4) is 0 Å². The van der Waals surface area contributed by atoms with Gasteiger partial charge in [-0.3, -0.25) is 14.9 Å². The fourth-order valence-electron chi connectivity index (χ4n) is 0.496. The van der Waals surface area contributed by atoms with E-state index >= 15 is 0 Å². The summed E-state index contributed by atoms with van der Waals surface area (Å²) in [6.07, 6.45) is -1.51. The molecule has 0 aromatic rings. The molecule has 0 saturated carbocycles. The van der Waals surface area contributed by atoms with E-state index in [0.717, 1.165) is 6.92 Å². The van der Waals surface area contributed by atoms with Crippen LogP contribution in [0.1, 0.15) is 13.3 Å². The Hall–Kier alpha value is -1.60. The summed E-state index contributed by atoms with van der Waals surface area (Å²) in [4.78, 5) is 18.3. The van der Waals surface area contributed by atoms with Crippen LogP contribution < -0.4 is 0 Å². The van der Waals surface area contributed by atoms with Crippen LogP contribution >= 0.6 is 0 Å². The van der Waals surface area contributed by atoms with E-state index in [1.165, 1.54) is 0 Å². The Morgan fingerprint density at radius 3 is 2.38 bits per heavy atom. The van der Waals surface area contributed by atoms with Crippen LogP contribution in [0.15, 0.2) is 5.16 Å². The first-order chi connectivity index (χ1) is 5.81. The van der Waals surface area contributed by atoms with E-state index in [9.17, 15) is 23.7 Å². The summed E-state index contributed by atoms with van der Waals surface area (Å²) in [6.45, 7) is 0.866. The zero-order valence-corrected chi connectivity index (χ0v) is 6.53. The second kappa shape index (κ2) is 3.87. The number of hydrogen-bond acceptors (Lipinski definition) is 5. The van der Waals surface area contributed by atoms with Crippen molar-refractivity contribution in [1.29, 1.82) is 0 Å². The molecule has 1 N–H and O–H groups in total. The lowest BCUT2D eigenvalue weighted by Gasteiger charge is -2.05. The van der Waals surface area contributed by atoms with E-state index < -0.39 is 28.9 Å². The van der Waals surface area contributed by atoms with Crippen LogP contribution in [0.2, 0.25) is 0 Å². The van der Waals surface area contributed by atoms with Crippen molar-refractivity contribution in [3.63, 3.8) is 0 Å². The molecule has 0 rings (SSSR count). The maximum absolute atomic E-state index is 12.3. The highest BCUT2D eigenvalue weighted by atomic mass is 19.3. The monoisotopic (exact) mass is 196 g/mol. The van der Waals surface area contributed by atoms with Gasteiger partial charge >= 0.3 is 6.05 Å². The van der Waals surface area contributed by atoms with Crippen LogP contribution in [0.25, 0.3) is 0 Å². The number of carbonyl (C=O) groups excluding carboxylic acids is 1. The molecule has 0 saturated heterocycles. The minimum absolute atomic E-state index is 0.866. The van der Waals surface area contributed by atoms with Gasteiger partial charge in [0.2, 0.25) is 0 Å². The van der Waals surface area contributed by atoms with Crippen LogP contribution in [0.5, 0.6) is 0 Å². The lowest BCUT2D eigenvalue weighted by Crippen LogP contribution is -2.32. The molecule has 74 valence electrons. The Kier molecular flexibility index (Phi) is 3.40. The Balaban J connectivity index is 4.60. The van der Waals surface area contributed by atoms with Gasteiger partial charge in [-0.2, -0.15) is 0 Å². The second-order valence-electron chi connectivity index (χ2n) is 2.20. The molecule has 0 aliphatic rings. The first-order valence-electron chi connectivity index (χ1n) is 3.05. The van der Waals surface area contributed by atoms with Crippen molar-refractivity contribution in [3.8, 4) is 0 Å². The smallest absolute Gasteiger partial charge is 0.411 e. The molecule has 0 aliphatic heterocycles. The fraction of sp³-hybridized carbons (Fsp3) is 0.600. The number of hydrogen-bond donors (Lipinski definition) is 1. The number of ketones is 1. The molecule has 0 aromatic carbocycles. The second-order valence-corrected chi connectivity index (χ2v) is 2.20.